The molecule has 6 heteroatoms. The highest BCUT2D eigenvalue weighted by Crippen LogP contribution is 2.40. The van der Waals surface area contributed by atoms with Crippen molar-refractivity contribution >= 4 is 15.9 Å². The summed E-state index contributed by atoms with van der Waals surface area (Å²) in [5.41, 5.74) is 1.32. The summed E-state index contributed by atoms with van der Waals surface area (Å²) in [7, 11) is -3.09. The van der Waals surface area contributed by atoms with Crippen LogP contribution in [0.5, 0.6) is 0 Å². The van der Waals surface area contributed by atoms with Gasteiger partial charge in [0.1, 0.15) is 0 Å². The molecule has 5 nitrogen and oxygen atoms in total. The second-order valence-corrected chi connectivity index (χ2v) is 8.86. The first-order valence-corrected chi connectivity index (χ1v) is 9.64. The molecule has 2 saturated heterocycles. The Labute approximate surface area is 127 Å². The number of hydrogen-bond acceptors (Lipinski definition) is 3. The highest BCUT2D eigenvalue weighted by molar-refractivity contribution is 7.88. The number of hydrogen-bond donors (Lipinski definition) is 0. The highest BCUT2D eigenvalue weighted by atomic mass is 32.2. The van der Waals surface area contributed by atoms with Crippen molar-refractivity contribution < 1.29 is 13.2 Å². The first-order chi connectivity index (χ1) is 9.88. The number of rotatable bonds is 3. The molecule has 0 radical (unpaired) electrons. The van der Waals surface area contributed by atoms with Crippen LogP contribution in [-0.2, 0) is 14.8 Å². The van der Waals surface area contributed by atoms with Gasteiger partial charge in [-0.25, -0.2) is 12.7 Å². The zero-order valence-electron chi connectivity index (χ0n) is 12.7. The first kappa shape index (κ1) is 15.0. The Balaban J connectivity index is 1.51. The quantitative estimate of drug-likeness (QED) is 0.740. The van der Waals surface area contributed by atoms with Crippen molar-refractivity contribution in [3.63, 3.8) is 0 Å². The Hall–Kier alpha value is -0.880. The molecule has 0 saturated carbocycles. The molecule has 1 spiro atoms. The molecule has 3 rings (SSSR count). The molecule has 21 heavy (non-hydrogen) atoms. The van der Waals surface area contributed by atoms with Crippen LogP contribution in [0.2, 0.25) is 0 Å². The summed E-state index contributed by atoms with van der Waals surface area (Å²) in [5.74, 6) is 0.214. The molecule has 0 atom stereocenters. The topological polar surface area (TPSA) is 57.7 Å². The van der Waals surface area contributed by atoms with Crippen LogP contribution in [0.1, 0.15) is 38.5 Å². The molecule has 0 N–H and O–H groups in total. The average molecular weight is 312 g/mol. The van der Waals surface area contributed by atoms with Crippen molar-refractivity contribution in [1.29, 1.82) is 0 Å². The molecular formula is C15H24N2O3S. The van der Waals surface area contributed by atoms with Crippen molar-refractivity contribution in [2.45, 2.75) is 38.5 Å². The minimum atomic E-state index is -3.09. The molecular weight excluding hydrogens is 288 g/mol. The third-order valence-electron chi connectivity index (χ3n) is 5.04. The van der Waals surface area contributed by atoms with Crippen molar-refractivity contribution in [2.24, 2.45) is 5.41 Å². The van der Waals surface area contributed by atoms with Gasteiger partial charge in [0, 0.05) is 38.0 Å². The van der Waals surface area contributed by atoms with Crippen LogP contribution in [0.3, 0.4) is 0 Å². The van der Waals surface area contributed by atoms with Gasteiger partial charge < -0.3 is 4.90 Å². The van der Waals surface area contributed by atoms with Crippen LogP contribution >= 0.6 is 0 Å². The lowest BCUT2D eigenvalue weighted by Crippen LogP contribution is -2.59. The van der Waals surface area contributed by atoms with Gasteiger partial charge in [-0.2, -0.15) is 0 Å². The summed E-state index contributed by atoms with van der Waals surface area (Å²) in [5, 5.41) is 0. The molecule has 2 heterocycles. The number of sulfonamides is 1. The number of carbonyl (C=O) groups is 1. The molecule has 3 aliphatic rings. The molecule has 0 aromatic carbocycles. The summed E-state index contributed by atoms with van der Waals surface area (Å²) >= 11 is 0. The summed E-state index contributed by atoms with van der Waals surface area (Å²) in [6.45, 7) is 2.64. The molecule has 2 aliphatic heterocycles. The van der Waals surface area contributed by atoms with Crippen LogP contribution in [0.15, 0.2) is 11.6 Å². The minimum absolute atomic E-state index is 0.0275. The maximum atomic E-state index is 12.3. The van der Waals surface area contributed by atoms with E-state index in [0.717, 1.165) is 32.4 Å². The van der Waals surface area contributed by atoms with E-state index in [-0.39, 0.29) is 11.3 Å². The monoisotopic (exact) mass is 312 g/mol. The van der Waals surface area contributed by atoms with E-state index in [1.165, 1.54) is 24.7 Å². The fourth-order valence-corrected chi connectivity index (χ4v) is 4.68. The Morgan fingerprint density at radius 2 is 2.05 bits per heavy atom. The van der Waals surface area contributed by atoms with Gasteiger partial charge in [-0.1, -0.05) is 11.6 Å². The van der Waals surface area contributed by atoms with E-state index >= 15 is 0 Å². The van der Waals surface area contributed by atoms with Crippen LogP contribution in [-0.4, -0.2) is 56.0 Å². The fraction of sp³-hybridized carbons (Fsp3) is 0.800. The lowest BCUT2D eigenvalue weighted by molar-refractivity contribution is -0.141. The van der Waals surface area contributed by atoms with E-state index < -0.39 is 10.0 Å². The van der Waals surface area contributed by atoms with Crippen LogP contribution in [0.4, 0.5) is 0 Å². The minimum Gasteiger partial charge on any atom is -0.341 e. The summed E-state index contributed by atoms with van der Waals surface area (Å²) in [6, 6.07) is 0. The largest absolute Gasteiger partial charge is 0.341 e. The van der Waals surface area contributed by atoms with Gasteiger partial charge in [0.05, 0.1) is 6.26 Å². The molecule has 0 aromatic heterocycles. The van der Waals surface area contributed by atoms with E-state index in [4.69, 9.17) is 0 Å². The standard InChI is InChI=1S/C15H24N2O3S/c1-21(19,20)17-8-7-15(12-17)10-16(11-15)14(18)9-13-5-3-2-4-6-13/h5H,2-4,6-12H2,1H3. The summed E-state index contributed by atoms with van der Waals surface area (Å²) in [6.07, 6.45) is 9.54. The average Bonchev–Trinajstić information content (AvgIpc) is 2.83. The third-order valence-corrected chi connectivity index (χ3v) is 6.29. The Bertz CT molecular complexity index is 561. The second-order valence-electron chi connectivity index (χ2n) is 6.88. The number of likely N-dealkylation sites (tertiary alicyclic amines) is 1. The Morgan fingerprint density at radius 1 is 1.29 bits per heavy atom. The Kier molecular flexibility index (Phi) is 3.86. The lowest BCUT2D eigenvalue weighted by Gasteiger charge is -2.48. The maximum absolute atomic E-state index is 12.3. The number of nitrogens with zero attached hydrogens (tertiary/aromatic N) is 2. The van der Waals surface area contributed by atoms with Gasteiger partial charge in [-0.05, 0) is 32.1 Å². The van der Waals surface area contributed by atoms with Crippen molar-refractivity contribution in [3.05, 3.63) is 11.6 Å². The highest BCUT2D eigenvalue weighted by Gasteiger charge is 2.50. The van der Waals surface area contributed by atoms with Crippen LogP contribution in [0.25, 0.3) is 0 Å². The van der Waals surface area contributed by atoms with E-state index in [1.54, 1.807) is 4.31 Å². The zero-order valence-corrected chi connectivity index (χ0v) is 13.5. The molecule has 0 unspecified atom stereocenters. The van der Waals surface area contributed by atoms with Crippen LogP contribution < -0.4 is 0 Å². The van der Waals surface area contributed by atoms with Gasteiger partial charge in [0.15, 0.2) is 0 Å². The van der Waals surface area contributed by atoms with Gasteiger partial charge in [-0.3, -0.25) is 4.79 Å². The Morgan fingerprint density at radius 3 is 2.62 bits per heavy atom. The third kappa shape index (κ3) is 3.16. The number of amides is 1. The molecule has 2 fully saturated rings. The smallest absolute Gasteiger partial charge is 0.226 e. The van der Waals surface area contributed by atoms with Gasteiger partial charge in [0.2, 0.25) is 15.9 Å². The van der Waals surface area contributed by atoms with Crippen LogP contribution in [0, 0.1) is 5.41 Å². The van der Waals surface area contributed by atoms with E-state index in [0.29, 0.717) is 19.5 Å². The fourth-order valence-electron chi connectivity index (χ4n) is 3.75. The SMILES string of the molecule is CS(=O)(=O)N1CCC2(CN(C(=O)CC3=CCCCC3)C2)C1. The van der Waals surface area contributed by atoms with Crippen molar-refractivity contribution in [2.75, 3.05) is 32.4 Å². The zero-order chi connectivity index (χ0) is 15.1. The molecule has 0 aromatic rings. The lowest BCUT2D eigenvalue weighted by atomic mass is 9.78. The second kappa shape index (κ2) is 5.39. The summed E-state index contributed by atoms with van der Waals surface area (Å²) < 4.78 is 24.7. The number of carbonyl (C=O) groups excluding carboxylic acids is 1. The predicted molar refractivity (Wildman–Crippen MR) is 81.2 cm³/mol. The first-order valence-electron chi connectivity index (χ1n) is 7.79. The van der Waals surface area contributed by atoms with Crippen molar-refractivity contribution in [1.82, 2.24) is 9.21 Å². The molecule has 1 aliphatic carbocycles. The van der Waals surface area contributed by atoms with E-state index in [1.807, 2.05) is 4.90 Å². The normalized spacial score (nSPS) is 25.8. The van der Waals surface area contributed by atoms with E-state index in [9.17, 15) is 13.2 Å². The van der Waals surface area contributed by atoms with Gasteiger partial charge in [-0.15, -0.1) is 0 Å². The molecule has 0 bridgehead atoms. The molecule has 1 amide bonds. The van der Waals surface area contributed by atoms with Crippen molar-refractivity contribution in [3.8, 4) is 0 Å². The van der Waals surface area contributed by atoms with Gasteiger partial charge >= 0.3 is 0 Å². The predicted octanol–water partition coefficient (Wildman–Crippen LogP) is 1.37. The maximum Gasteiger partial charge on any atom is 0.226 e. The van der Waals surface area contributed by atoms with Gasteiger partial charge in [0.25, 0.3) is 0 Å². The number of allylic oxidation sites excluding steroid dienone is 1. The summed E-state index contributed by atoms with van der Waals surface area (Å²) in [4.78, 5) is 14.2. The van der Waals surface area contributed by atoms with E-state index in [2.05, 4.69) is 6.08 Å². The molecule has 118 valence electrons.